The lowest BCUT2D eigenvalue weighted by atomic mass is 9.96. The van der Waals surface area contributed by atoms with E-state index in [0.717, 1.165) is 5.75 Å². The number of hydrogen-bond donors (Lipinski definition) is 0. The van der Waals surface area contributed by atoms with Gasteiger partial charge in [0, 0.05) is 26.3 Å². The lowest BCUT2D eigenvalue weighted by molar-refractivity contribution is 0.172. The van der Waals surface area contributed by atoms with E-state index in [4.69, 9.17) is 4.74 Å². The first-order valence-electron chi connectivity index (χ1n) is 9.10. The molecule has 0 saturated carbocycles. The van der Waals surface area contributed by atoms with Gasteiger partial charge in [-0.1, -0.05) is 67.6 Å². The maximum atomic E-state index is 5.87. The van der Waals surface area contributed by atoms with Gasteiger partial charge >= 0.3 is 0 Å². The highest BCUT2D eigenvalue weighted by Crippen LogP contribution is 2.33. The number of nitrogens with zero attached hydrogens (tertiary/aromatic N) is 1. The van der Waals surface area contributed by atoms with Crippen LogP contribution in [0.2, 0.25) is 0 Å². The van der Waals surface area contributed by atoms with Crippen molar-refractivity contribution >= 4 is 23.4 Å². The second kappa shape index (κ2) is 10.9. The molecule has 0 spiro atoms. The molecule has 0 aliphatic carbocycles. The molecule has 0 bridgehead atoms. The summed E-state index contributed by atoms with van der Waals surface area (Å²) in [6.45, 7) is 5.54. The fourth-order valence-corrected chi connectivity index (χ4v) is 3.63. The van der Waals surface area contributed by atoms with E-state index < -0.39 is 0 Å². The van der Waals surface area contributed by atoms with Gasteiger partial charge in [-0.05, 0) is 35.5 Å². The zero-order valence-corrected chi connectivity index (χ0v) is 17.1. The number of thioether (sulfide) groups is 1. The fraction of sp³-hybridized carbons (Fsp3) is 0.304. The van der Waals surface area contributed by atoms with Crippen LogP contribution in [0, 0.1) is 0 Å². The van der Waals surface area contributed by atoms with Crippen molar-refractivity contribution in [1.82, 2.24) is 4.90 Å². The second-order valence-electron chi connectivity index (χ2n) is 6.08. The molecule has 0 radical (unpaired) electrons. The minimum absolute atomic E-state index is 0.602. The van der Waals surface area contributed by atoms with E-state index in [0.29, 0.717) is 13.2 Å². The Bertz CT molecular complexity index is 720. The van der Waals surface area contributed by atoms with Crippen molar-refractivity contribution in [3.8, 4) is 0 Å². The Kier molecular flexibility index (Phi) is 8.52. The second-order valence-corrected chi connectivity index (χ2v) is 7.34. The quantitative estimate of drug-likeness (QED) is 0.411. The van der Waals surface area contributed by atoms with Crippen molar-refractivity contribution in [3.63, 3.8) is 0 Å². The van der Waals surface area contributed by atoms with Gasteiger partial charge in [0.15, 0.2) is 0 Å². The Labute approximate surface area is 162 Å². The molecule has 0 atom stereocenters. The largest absolute Gasteiger partial charge is 0.377 e. The van der Waals surface area contributed by atoms with Crippen LogP contribution in [-0.4, -0.2) is 38.0 Å². The van der Waals surface area contributed by atoms with Gasteiger partial charge in [-0.2, -0.15) is 0 Å². The molecule has 2 rings (SSSR count). The summed E-state index contributed by atoms with van der Waals surface area (Å²) in [6.07, 6.45) is 2.27. The summed E-state index contributed by atoms with van der Waals surface area (Å²) in [5, 5.41) is 1.26. The lowest BCUT2D eigenvalue weighted by Gasteiger charge is -2.23. The Balaban J connectivity index is 2.65. The van der Waals surface area contributed by atoms with Crippen LogP contribution >= 0.6 is 11.8 Å². The number of benzene rings is 2. The number of rotatable bonds is 9. The molecule has 0 unspecified atom stereocenters. The summed E-state index contributed by atoms with van der Waals surface area (Å²) < 4.78 is 5.87. The van der Waals surface area contributed by atoms with Crippen molar-refractivity contribution < 1.29 is 4.74 Å². The molecule has 2 aromatic rings. The van der Waals surface area contributed by atoms with Crippen LogP contribution in [0.3, 0.4) is 0 Å². The minimum atomic E-state index is 0.602. The van der Waals surface area contributed by atoms with Crippen LogP contribution in [-0.2, 0) is 4.74 Å². The van der Waals surface area contributed by atoms with Crippen molar-refractivity contribution in [2.75, 3.05) is 33.1 Å². The molecule has 0 aliphatic rings. The highest BCUT2D eigenvalue weighted by atomic mass is 32.2. The van der Waals surface area contributed by atoms with Crippen LogP contribution in [0.4, 0.5) is 0 Å². The SMILES string of the molecule is CCOCC(/C(=C\c1ccccc1)c1ccccc1)=C(/SCC)N(C)C. The van der Waals surface area contributed by atoms with E-state index in [1.54, 1.807) is 0 Å². The van der Waals surface area contributed by atoms with E-state index in [9.17, 15) is 0 Å². The zero-order chi connectivity index (χ0) is 18.8. The molecule has 26 heavy (non-hydrogen) atoms. The van der Waals surface area contributed by atoms with Crippen LogP contribution in [0.15, 0.2) is 71.3 Å². The van der Waals surface area contributed by atoms with Gasteiger partial charge in [0.25, 0.3) is 0 Å². The lowest BCUT2D eigenvalue weighted by Crippen LogP contribution is -2.15. The monoisotopic (exact) mass is 367 g/mol. The molecule has 2 aromatic carbocycles. The predicted octanol–water partition coefficient (Wildman–Crippen LogP) is 5.79. The molecule has 3 heteroatoms. The molecular formula is C23H29NOS. The Morgan fingerprint density at radius 1 is 0.962 bits per heavy atom. The van der Waals surface area contributed by atoms with Crippen molar-refractivity contribution in [2.24, 2.45) is 0 Å². The van der Waals surface area contributed by atoms with Crippen LogP contribution in [0.1, 0.15) is 25.0 Å². The molecule has 0 fully saturated rings. The maximum Gasteiger partial charge on any atom is 0.0764 e. The van der Waals surface area contributed by atoms with Gasteiger partial charge in [-0.15, -0.1) is 11.8 Å². The third kappa shape index (κ3) is 5.79. The number of ether oxygens (including phenoxy) is 1. The summed E-state index contributed by atoms with van der Waals surface area (Å²) in [6, 6.07) is 21.1. The first-order valence-corrected chi connectivity index (χ1v) is 10.1. The van der Waals surface area contributed by atoms with Gasteiger partial charge < -0.3 is 9.64 Å². The normalized spacial score (nSPS) is 12.7. The van der Waals surface area contributed by atoms with Gasteiger partial charge in [0.2, 0.25) is 0 Å². The first kappa shape index (κ1) is 20.3. The van der Waals surface area contributed by atoms with E-state index in [1.165, 1.54) is 27.3 Å². The van der Waals surface area contributed by atoms with Crippen molar-refractivity contribution in [1.29, 1.82) is 0 Å². The molecular weight excluding hydrogens is 338 g/mol. The molecule has 0 aromatic heterocycles. The third-order valence-corrected chi connectivity index (χ3v) is 5.09. The molecule has 0 aliphatic heterocycles. The van der Waals surface area contributed by atoms with E-state index >= 15 is 0 Å². The minimum Gasteiger partial charge on any atom is -0.377 e. The summed E-state index contributed by atoms with van der Waals surface area (Å²) in [4.78, 5) is 2.20. The Hall–Kier alpha value is -1.97. The topological polar surface area (TPSA) is 12.5 Å². The summed E-state index contributed by atoms with van der Waals surface area (Å²) in [5.41, 5.74) is 4.86. The first-order chi connectivity index (χ1) is 12.7. The molecule has 2 nitrogen and oxygen atoms in total. The Morgan fingerprint density at radius 3 is 2.12 bits per heavy atom. The fourth-order valence-electron chi connectivity index (χ4n) is 2.76. The summed E-state index contributed by atoms with van der Waals surface area (Å²) >= 11 is 1.86. The maximum absolute atomic E-state index is 5.87. The Morgan fingerprint density at radius 2 is 1.58 bits per heavy atom. The number of hydrogen-bond acceptors (Lipinski definition) is 3. The third-order valence-electron chi connectivity index (χ3n) is 3.92. The molecule has 0 amide bonds. The smallest absolute Gasteiger partial charge is 0.0764 e. The summed E-state index contributed by atoms with van der Waals surface area (Å²) in [5.74, 6) is 1.02. The van der Waals surface area contributed by atoms with Crippen LogP contribution in [0.5, 0.6) is 0 Å². The van der Waals surface area contributed by atoms with Gasteiger partial charge in [0.1, 0.15) is 0 Å². The molecule has 0 saturated heterocycles. The van der Waals surface area contributed by atoms with E-state index in [-0.39, 0.29) is 0 Å². The zero-order valence-electron chi connectivity index (χ0n) is 16.2. The van der Waals surface area contributed by atoms with Crippen LogP contribution in [0.25, 0.3) is 11.6 Å². The summed E-state index contributed by atoms with van der Waals surface area (Å²) in [7, 11) is 4.21. The highest BCUT2D eigenvalue weighted by Gasteiger charge is 2.16. The highest BCUT2D eigenvalue weighted by molar-refractivity contribution is 8.03. The average Bonchev–Trinajstić information content (AvgIpc) is 2.67. The van der Waals surface area contributed by atoms with Crippen molar-refractivity contribution in [2.45, 2.75) is 13.8 Å². The van der Waals surface area contributed by atoms with Gasteiger partial charge in [0.05, 0.1) is 11.6 Å². The van der Waals surface area contributed by atoms with Crippen molar-refractivity contribution in [3.05, 3.63) is 82.4 Å². The molecule has 138 valence electrons. The predicted molar refractivity (Wildman–Crippen MR) is 116 cm³/mol. The van der Waals surface area contributed by atoms with E-state index in [2.05, 4.69) is 92.7 Å². The average molecular weight is 368 g/mol. The van der Waals surface area contributed by atoms with Gasteiger partial charge in [-0.25, -0.2) is 0 Å². The van der Waals surface area contributed by atoms with Gasteiger partial charge in [-0.3, -0.25) is 0 Å². The van der Waals surface area contributed by atoms with E-state index in [1.807, 2.05) is 18.7 Å². The molecule has 0 heterocycles. The molecule has 0 N–H and O–H groups in total. The van der Waals surface area contributed by atoms with Crippen LogP contribution < -0.4 is 0 Å². The standard InChI is InChI=1S/C23H29NOS/c1-5-25-18-22(23(24(3)4)26-6-2)21(20-15-11-8-12-16-20)17-19-13-9-7-10-14-19/h7-17H,5-6,18H2,1-4H3/b21-17-,23-22-.